The van der Waals surface area contributed by atoms with Crippen LogP contribution in [0.1, 0.15) is 5.56 Å². The number of nitrogens with one attached hydrogen (secondary N) is 1. The fraction of sp³-hybridized carbons (Fsp3) is 0.143. The molecule has 2 aromatic carbocycles. The lowest BCUT2D eigenvalue weighted by Gasteiger charge is -2.14. The fourth-order valence-corrected chi connectivity index (χ4v) is 4.14. The third kappa shape index (κ3) is 4.08. The molecular formula is C14H10Br3Cl2NO. The van der Waals surface area contributed by atoms with Gasteiger partial charge in [0.25, 0.3) is 0 Å². The first-order chi connectivity index (χ1) is 9.93. The van der Waals surface area contributed by atoms with Crippen molar-refractivity contribution in [3.05, 3.63) is 53.3 Å². The van der Waals surface area contributed by atoms with E-state index in [9.17, 15) is 0 Å². The van der Waals surface area contributed by atoms with Gasteiger partial charge in [0.15, 0.2) is 0 Å². The first-order valence-corrected chi connectivity index (χ1v) is 8.96. The van der Waals surface area contributed by atoms with Gasteiger partial charge >= 0.3 is 0 Å². The lowest BCUT2D eigenvalue weighted by Crippen LogP contribution is -2.03. The summed E-state index contributed by atoms with van der Waals surface area (Å²) in [5, 5.41) is 4.24. The average molecular weight is 519 g/mol. The second-order valence-electron chi connectivity index (χ2n) is 4.16. The van der Waals surface area contributed by atoms with Crippen molar-refractivity contribution in [1.82, 2.24) is 0 Å². The van der Waals surface area contributed by atoms with E-state index in [1.54, 1.807) is 7.11 Å². The molecule has 0 amide bonds. The molecule has 0 atom stereocenters. The van der Waals surface area contributed by atoms with Crippen LogP contribution in [-0.4, -0.2) is 7.11 Å². The SMILES string of the molecule is COc1c(Br)cc(Br)cc1CNc1ccc(Br)c(Cl)c1Cl. The van der Waals surface area contributed by atoms with Crippen molar-refractivity contribution in [3.63, 3.8) is 0 Å². The Morgan fingerprint density at radius 1 is 1.05 bits per heavy atom. The van der Waals surface area contributed by atoms with E-state index in [4.69, 9.17) is 27.9 Å². The maximum atomic E-state index is 6.23. The molecule has 0 aromatic heterocycles. The molecule has 0 bridgehead atoms. The van der Waals surface area contributed by atoms with Crippen molar-refractivity contribution in [3.8, 4) is 5.75 Å². The van der Waals surface area contributed by atoms with Crippen LogP contribution in [0.5, 0.6) is 5.75 Å². The average Bonchev–Trinajstić information content (AvgIpc) is 2.43. The van der Waals surface area contributed by atoms with Crippen LogP contribution >= 0.6 is 71.0 Å². The van der Waals surface area contributed by atoms with E-state index < -0.39 is 0 Å². The highest BCUT2D eigenvalue weighted by atomic mass is 79.9. The molecular weight excluding hydrogens is 509 g/mol. The van der Waals surface area contributed by atoms with Gasteiger partial charge in [0.2, 0.25) is 0 Å². The quantitative estimate of drug-likeness (QED) is 0.445. The fourth-order valence-electron chi connectivity index (χ4n) is 1.83. The molecule has 1 N–H and O–H groups in total. The van der Waals surface area contributed by atoms with Crippen molar-refractivity contribution in [2.75, 3.05) is 12.4 Å². The van der Waals surface area contributed by atoms with Crippen molar-refractivity contribution in [1.29, 1.82) is 0 Å². The summed E-state index contributed by atoms with van der Waals surface area (Å²) in [6.45, 7) is 0.554. The number of methoxy groups -OCH3 is 1. The molecule has 2 aromatic rings. The number of hydrogen-bond acceptors (Lipinski definition) is 2. The van der Waals surface area contributed by atoms with Crippen molar-refractivity contribution in [2.24, 2.45) is 0 Å². The van der Waals surface area contributed by atoms with Gasteiger partial charge in [-0.15, -0.1) is 0 Å². The van der Waals surface area contributed by atoms with E-state index >= 15 is 0 Å². The Morgan fingerprint density at radius 3 is 2.43 bits per heavy atom. The molecule has 0 unspecified atom stereocenters. The third-order valence-electron chi connectivity index (χ3n) is 2.79. The molecule has 0 saturated carbocycles. The molecule has 0 fully saturated rings. The van der Waals surface area contributed by atoms with Crippen molar-refractivity contribution < 1.29 is 4.74 Å². The number of rotatable bonds is 4. The molecule has 0 aliphatic carbocycles. The number of ether oxygens (including phenoxy) is 1. The van der Waals surface area contributed by atoms with Gasteiger partial charge in [-0.3, -0.25) is 0 Å². The van der Waals surface area contributed by atoms with Gasteiger partial charge in [-0.1, -0.05) is 39.1 Å². The van der Waals surface area contributed by atoms with Gasteiger partial charge in [-0.25, -0.2) is 0 Å². The molecule has 21 heavy (non-hydrogen) atoms. The van der Waals surface area contributed by atoms with Crippen molar-refractivity contribution in [2.45, 2.75) is 6.54 Å². The number of halogens is 5. The maximum Gasteiger partial charge on any atom is 0.138 e. The largest absolute Gasteiger partial charge is 0.495 e. The zero-order valence-electron chi connectivity index (χ0n) is 10.8. The Balaban J connectivity index is 2.27. The van der Waals surface area contributed by atoms with E-state index in [1.807, 2.05) is 24.3 Å². The van der Waals surface area contributed by atoms with Crippen LogP contribution in [0, 0.1) is 0 Å². The first kappa shape index (κ1) is 17.4. The third-order valence-corrected chi connectivity index (χ3v) is 5.61. The molecule has 0 aliphatic rings. The molecule has 0 saturated heterocycles. The van der Waals surface area contributed by atoms with Gasteiger partial charge in [0, 0.05) is 21.1 Å². The predicted molar refractivity (Wildman–Crippen MR) is 99.9 cm³/mol. The maximum absolute atomic E-state index is 6.23. The van der Waals surface area contributed by atoms with Crippen LogP contribution in [0.3, 0.4) is 0 Å². The van der Waals surface area contributed by atoms with Gasteiger partial charge in [-0.2, -0.15) is 0 Å². The normalized spacial score (nSPS) is 10.6. The monoisotopic (exact) mass is 515 g/mol. The zero-order valence-corrected chi connectivity index (χ0v) is 17.1. The lowest BCUT2D eigenvalue weighted by molar-refractivity contribution is 0.407. The smallest absolute Gasteiger partial charge is 0.138 e. The summed E-state index contributed by atoms with van der Waals surface area (Å²) in [5.74, 6) is 0.782. The van der Waals surface area contributed by atoms with Crippen LogP contribution in [0.25, 0.3) is 0 Å². The highest BCUT2D eigenvalue weighted by Gasteiger charge is 2.12. The highest BCUT2D eigenvalue weighted by Crippen LogP contribution is 2.37. The zero-order chi connectivity index (χ0) is 15.6. The Morgan fingerprint density at radius 2 is 1.76 bits per heavy atom. The molecule has 2 rings (SSSR count). The summed E-state index contributed by atoms with van der Waals surface area (Å²) in [6, 6.07) is 7.65. The molecule has 7 heteroatoms. The molecule has 0 heterocycles. The van der Waals surface area contributed by atoms with Crippen LogP contribution < -0.4 is 10.1 Å². The summed E-state index contributed by atoms with van der Waals surface area (Å²) in [5.41, 5.74) is 1.76. The second-order valence-corrected chi connectivity index (χ2v) is 7.54. The van der Waals surface area contributed by atoms with E-state index in [-0.39, 0.29) is 0 Å². The summed E-state index contributed by atoms with van der Waals surface area (Å²) < 4.78 is 8.03. The minimum absolute atomic E-state index is 0.485. The van der Waals surface area contributed by atoms with E-state index in [0.29, 0.717) is 16.6 Å². The predicted octanol–water partition coefficient (Wildman–Crippen LogP) is 6.90. The van der Waals surface area contributed by atoms with Crippen LogP contribution in [-0.2, 0) is 6.54 Å². The molecule has 0 radical (unpaired) electrons. The summed E-state index contributed by atoms with van der Waals surface area (Å²) in [6.07, 6.45) is 0. The van der Waals surface area contributed by atoms with Crippen LogP contribution in [0.15, 0.2) is 37.7 Å². The number of hydrogen-bond donors (Lipinski definition) is 1. The standard InChI is InChI=1S/C14H10Br3Cl2NO/c1-21-14-7(4-8(15)5-10(14)17)6-20-11-3-2-9(16)12(18)13(11)19/h2-5,20H,6H2,1H3. The highest BCUT2D eigenvalue weighted by molar-refractivity contribution is 9.11. The van der Waals surface area contributed by atoms with Crippen molar-refractivity contribution >= 4 is 76.7 Å². The van der Waals surface area contributed by atoms with E-state index in [0.717, 1.165) is 30.4 Å². The molecule has 112 valence electrons. The van der Waals surface area contributed by atoms with E-state index in [2.05, 4.69) is 53.1 Å². The first-order valence-electron chi connectivity index (χ1n) is 5.83. The summed E-state index contributed by atoms with van der Waals surface area (Å²) in [4.78, 5) is 0. The van der Waals surface area contributed by atoms with Gasteiger partial charge in [0.05, 0.1) is 27.3 Å². The van der Waals surface area contributed by atoms with Crippen LogP contribution in [0.2, 0.25) is 10.0 Å². The van der Waals surface area contributed by atoms with Gasteiger partial charge in [-0.05, 0) is 56.1 Å². The van der Waals surface area contributed by atoms with Gasteiger partial charge < -0.3 is 10.1 Å². The molecule has 0 spiro atoms. The minimum Gasteiger partial charge on any atom is -0.495 e. The Hall–Kier alpha value is 0.0600. The Labute approximate surface area is 158 Å². The summed E-state index contributed by atoms with van der Waals surface area (Å²) >= 11 is 22.6. The topological polar surface area (TPSA) is 21.3 Å². The molecule has 0 aliphatic heterocycles. The van der Waals surface area contributed by atoms with E-state index in [1.165, 1.54) is 0 Å². The van der Waals surface area contributed by atoms with Gasteiger partial charge in [0.1, 0.15) is 5.75 Å². The minimum atomic E-state index is 0.485. The number of benzene rings is 2. The summed E-state index contributed by atoms with van der Waals surface area (Å²) in [7, 11) is 1.64. The Kier molecular flexibility index (Phi) is 6.26. The molecule has 2 nitrogen and oxygen atoms in total. The van der Waals surface area contributed by atoms with Crippen LogP contribution in [0.4, 0.5) is 5.69 Å². The lowest BCUT2D eigenvalue weighted by atomic mass is 10.2. The second kappa shape index (κ2) is 7.55. The Bertz CT molecular complexity index is 680. The number of anilines is 1.